The number of rotatable bonds is 7. The van der Waals surface area contributed by atoms with Crippen LogP contribution >= 0.6 is 0 Å². The van der Waals surface area contributed by atoms with Crippen molar-refractivity contribution < 1.29 is 19.2 Å². The summed E-state index contributed by atoms with van der Waals surface area (Å²) in [6.07, 6.45) is 0.612. The summed E-state index contributed by atoms with van der Waals surface area (Å²) in [5.41, 5.74) is -0.698. The summed E-state index contributed by atoms with van der Waals surface area (Å²) in [4.78, 5) is 21.8. The highest BCUT2D eigenvalue weighted by Gasteiger charge is 2.29. The van der Waals surface area contributed by atoms with Gasteiger partial charge in [-0.3, -0.25) is 20.0 Å². The number of nitrogens with zero attached hydrogens (tertiary/aromatic N) is 2. The third-order valence-corrected chi connectivity index (χ3v) is 2.12. The van der Waals surface area contributed by atoms with Gasteiger partial charge in [0.1, 0.15) is 0 Å². The summed E-state index contributed by atoms with van der Waals surface area (Å²) in [5, 5.41) is 19.2. The van der Waals surface area contributed by atoms with Crippen molar-refractivity contribution in [3.63, 3.8) is 0 Å². The molecule has 0 aliphatic rings. The van der Waals surface area contributed by atoms with Gasteiger partial charge in [0.25, 0.3) is 5.91 Å². The van der Waals surface area contributed by atoms with Gasteiger partial charge in [0.15, 0.2) is 0 Å². The van der Waals surface area contributed by atoms with Gasteiger partial charge in [-0.15, -0.1) is 5.10 Å². The third kappa shape index (κ3) is 3.17. The van der Waals surface area contributed by atoms with E-state index in [1.54, 1.807) is 7.11 Å². The van der Waals surface area contributed by atoms with Crippen LogP contribution in [-0.4, -0.2) is 48.4 Å². The van der Waals surface area contributed by atoms with E-state index in [2.05, 4.69) is 15.5 Å². The molecule has 0 saturated carbocycles. The Kier molecular flexibility index (Phi) is 5.06. The minimum Gasteiger partial charge on any atom is -0.475 e. The molecular formula is C9H14N4O5. The lowest BCUT2D eigenvalue weighted by molar-refractivity contribution is -0.386. The first-order valence-electron chi connectivity index (χ1n) is 5.15. The molecule has 0 radical (unpaired) electrons. The zero-order valence-corrected chi connectivity index (χ0v) is 10.1. The second-order valence-corrected chi connectivity index (χ2v) is 3.32. The molecule has 100 valence electrons. The first-order valence-corrected chi connectivity index (χ1v) is 5.15. The third-order valence-electron chi connectivity index (χ3n) is 2.12. The van der Waals surface area contributed by atoms with Crippen LogP contribution in [0.5, 0.6) is 5.88 Å². The monoisotopic (exact) mass is 258 g/mol. The number of hydrogen-bond acceptors (Lipinski definition) is 6. The quantitative estimate of drug-likeness (QED) is 0.406. The van der Waals surface area contributed by atoms with Crippen molar-refractivity contribution in [3.05, 3.63) is 15.8 Å². The van der Waals surface area contributed by atoms with Gasteiger partial charge in [-0.2, -0.15) is 0 Å². The molecule has 1 aromatic heterocycles. The minimum atomic E-state index is -0.716. The lowest BCUT2D eigenvalue weighted by Gasteiger charge is -2.02. The molecule has 1 aromatic rings. The highest BCUT2D eigenvalue weighted by molar-refractivity contribution is 5.97. The lowest BCUT2D eigenvalue weighted by atomic mass is 10.3. The van der Waals surface area contributed by atoms with Crippen molar-refractivity contribution in [3.8, 4) is 5.88 Å². The molecule has 2 N–H and O–H groups in total. The molecule has 1 heterocycles. The highest BCUT2D eigenvalue weighted by atomic mass is 16.6. The SMILES string of the molecule is COCCCNC(=O)c1[nH]nc(OC)c1[N+](=O)[O-]. The summed E-state index contributed by atoms with van der Waals surface area (Å²) >= 11 is 0. The van der Waals surface area contributed by atoms with E-state index >= 15 is 0 Å². The highest BCUT2D eigenvalue weighted by Crippen LogP contribution is 2.27. The fourth-order valence-corrected chi connectivity index (χ4v) is 1.30. The predicted octanol–water partition coefficient (Wildman–Crippen LogP) is 0.0928. The number of methoxy groups -OCH3 is 2. The Morgan fingerprint density at radius 1 is 1.56 bits per heavy atom. The number of amides is 1. The van der Waals surface area contributed by atoms with Crippen molar-refractivity contribution in [1.29, 1.82) is 0 Å². The Balaban J connectivity index is 2.73. The lowest BCUT2D eigenvalue weighted by Crippen LogP contribution is -2.26. The van der Waals surface area contributed by atoms with E-state index in [0.717, 1.165) is 0 Å². The van der Waals surface area contributed by atoms with Crippen molar-refractivity contribution in [2.45, 2.75) is 6.42 Å². The van der Waals surface area contributed by atoms with E-state index in [-0.39, 0.29) is 11.6 Å². The number of ether oxygens (including phenoxy) is 2. The molecule has 0 bridgehead atoms. The first-order chi connectivity index (χ1) is 8.61. The van der Waals surface area contributed by atoms with Crippen molar-refractivity contribution >= 4 is 11.6 Å². The van der Waals surface area contributed by atoms with Crippen LogP contribution in [0, 0.1) is 10.1 Å². The van der Waals surface area contributed by atoms with Crippen molar-refractivity contribution in [2.75, 3.05) is 27.4 Å². The van der Waals surface area contributed by atoms with E-state index in [1.807, 2.05) is 0 Å². The normalized spacial score (nSPS) is 10.1. The Morgan fingerprint density at radius 2 is 2.28 bits per heavy atom. The van der Waals surface area contributed by atoms with Crippen LogP contribution in [0.1, 0.15) is 16.9 Å². The van der Waals surface area contributed by atoms with Gasteiger partial charge in [-0.25, -0.2) is 0 Å². The van der Waals surface area contributed by atoms with E-state index in [0.29, 0.717) is 19.6 Å². The van der Waals surface area contributed by atoms with Crippen LogP contribution in [0.4, 0.5) is 5.69 Å². The number of carbonyl (C=O) groups excluding carboxylic acids is 1. The zero-order chi connectivity index (χ0) is 13.5. The summed E-state index contributed by atoms with van der Waals surface area (Å²) < 4.78 is 9.51. The van der Waals surface area contributed by atoms with Crippen LogP contribution < -0.4 is 10.1 Å². The molecule has 0 saturated heterocycles. The smallest absolute Gasteiger partial charge is 0.362 e. The number of nitrogens with one attached hydrogen (secondary N) is 2. The van der Waals surface area contributed by atoms with Crippen LogP contribution in [-0.2, 0) is 4.74 Å². The van der Waals surface area contributed by atoms with E-state index in [4.69, 9.17) is 9.47 Å². The largest absolute Gasteiger partial charge is 0.475 e. The molecule has 0 aromatic carbocycles. The maximum atomic E-state index is 11.7. The second kappa shape index (κ2) is 6.55. The average Bonchev–Trinajstić information content (AvgIpc) is 2.78. The van der Waals surface area contributed by atoms with Gasteiger partial charge >= 0.3 is 11.6 Å². The maximum Gasteiger partial charge on any atom is 0.362 e. The van der Waals surface area contributed by atoms with Gasteiger partial charge < -0.3 is 14.8 Å². The number of aromatic nitrogens is 2. The number of nitro groups is 1. The molecule has 18 heavy (non-hydrogen) atoms. The molecule has 0 spiro atoms. The van der Waals surface area contributed by atoms with Crippen molar-refractivity contribution in [2.24, 2.45) is 0 Å². The van der Waals surface area contributed by atoms with E-state index in [9.17, 15) is 14.9 Å². The Hall–Kier alpha value is -2.16. The second-order valence-electron chi connectivity index (χ2n) is 3.32. The molecule has 9 heteroatoms. The molecule has 1 amide bonds. The van der Waals surface area contributed by atoms with Gasteiger partial charge in [0.2, 0.25) is 5.69 Å². The molecule has 1 rings (SSSR count). The summed E-state index contributed by atoms with van der Waals surface area (Å²) in [7, 11) is 2.79. The number of aromatic amines is 1. The van der Waals surface area contributed by atoms with Gasteiger partial charge in [-0.05, 0) is 6.42 Å². The van der Waals surface area contributed by atoms with E-state index in [1.165, 1.54) is 7.11 Å². The molecule has 0 atom stereocenters. The number of carbonyl (C=O) groups is 1. The Morgan fingerprint density at radius 3 is 2.83 bits per heavy atom. The Bertz CT molecular complexity index is 431. The van der Waals surface area contributed by atoms with Crippen LogP contribution in [0.3, 0.4) is 0 Å². The minimum absolute atomic E-state index is 0.220. The molecule has 0 fully saturated rings. The molecule has 0 aliphatic heterocycles. The molecular weight excluding hydrogens is 244 g/mol. The predicted molar refractivity (Wildman–Crippen MR) is 60.6 cm³/mol. The zero-order valence-electron chi connectivity index (χ0n) is 10.1. The molecule has 0 unspecified atom stereocenters. The van der Waals surface area contributed by atoms with E-state index < -0.39 is 16.5 Å². The fraction of sp³-hybridized carbons (Fsp3) is 0.556. The number of hydrogen-bond donors (Lipinski definition) is 2. The van der Waals surface area contributed by atoms with Gasteiger partial charge in [-0.1, -0.05) is 0 Å². The topological polar surface area (TPSA) is 119 Å². The summed E-state index contributed by atoms with van der Waals surface area (Å²) in [6.45, 7) is 0.847. The molecule has 9 nitrogen and oxygen atoms in total. The van der Waals surface area contributed by atoms with Gasteiger partial charge in [0, 0.05) is 20.3 Å². The first kappa shape index (κ1) is 13.9. The maximum absolute atomic E-state index is 11.7. The fourth-order valence-electron chi connectivity index (χ4n) is 1.30. The summed E-state index contributed by atoms with van der Waals surface area (Å²) in [5.74, 6) is -0.823. The van der Waals surface area contributed by atoms with Crippen LogP contribution in [0.2, 0.25) is 0 Å². The average molecular weight is 258 g/mol. The Labute approximate surface area is 103 Å². The standard InChI is InChI=1S/C9H14N4O5/c1-17-5-3-4-10-8(14)6-7(13(15)16)9(18-2)12-11-6/h3-5H2,1-2H3,(H,10,14)(H,11,12). The van der Waals surface area contributed by atoms with Gasteiger partial charge in [0.05, 0.1) is 12.0 Å². The van der Waals surface area contributed by atoms with Crippen LogP contribution in [0.15, 0.2) is 0 Å². The summed E-state index contributed by atoms with van der Waals surface area (Å²) in [6, 6.07) is 0. The molecule has 0 aliphatic carbocycles. The number of H-pyrrole nitrogens is 1. The van der Waals surface area contributed by atoms with Crippen molar-refractivity contribution in [1.82, 2.24) is 15.5 Å². The van der Waals surface area contributed by atoms with Crippen LogP contribution in [0.25, 0.3) is 0 Å².